The Morgan fingerprint density at radius 3 is 2.52 bits per heavy atom. The molecule has 1 aromatic heterocycles. The number of aromatic nitrogens is 4. The van der Waals surface area contributed by atoms with Crippen LogP contribution >= 0.6 is 0 Å². The third-order valence-corrected chi connectivity index (χ3v) is 4.25. The van der Waals surface area contributed by atoms with Gasteiger partial charge in [-0.05, 0) is 41.8 Å². The second kappa shape index (κ2) is 6.32. The van der Waals surface area contributed by atoms with E-state index in [1.807, 2.05) is 30.3 Å². The molecule has 1 aromatic carbocycles. The Labute approximate surface area is 124 Å². The van der Waals surface area contributed by atoms with Crippen molar-refractivity contribution in [1.82, 2.24) is 25.1 Å². The number of hydrogen-bond acceptors (Lipinski definition) is 5. The van der Waals surface area contributed by atoms with Gasteiger partial charge < -0.3 is 10.0 Å². The first-order valence-electron chi connectivity index (χ1n) is 7.47. The van der Waals surface area contributed by atoms with Gasteiger partial charge in [0.05, 0.1) is 5.60 Å². The molecule has 0 bridgehead atoms. The highest BCUT2D eigenvalue weighted by Crippen LogP contribution is 2.32. The van der Waals surface area contributed by atoms with Crippen molar-refractivity contribution in [1.29, 1.82) is 0 Å². The Bertz CT molecular complexity index is 534. The van der Waals surface area contributed by atoms with E-state index in [0.29, 0.717) is 0 Å². The summed E-state index contributed by atoms with van der Waals surface area (Å²) in [4.78, 5) is 2.40. The van der Waals surface area contributed by atoms with Crippen LogP contribution in [0.4, 0.5) is 0 Å². The van der Waals surface area contributed by atoms with Crippen LogP contribution in [0, 0.1) is 0 Å². The molecule has 1 fully saturated rings. The minimum absolute atomic E-state index is 0.659. The number of hydrogen-bond donors (Lipinski definition) is 1. The molecular formula is C15H21N5O. The molecule has 2 heterocycles. The molecule has 0 saturated carbocycles. The zero-order valence-corrected chi connectivity index (χ0v) is 12.1. The number of tetrazole rings is 1. The summed E-state index contributed by atoms with van der Waals surface area (Å²) in [7, 11) is 0. The lowest BCUT2D eigenvalue weighted by Gasteiger charge is -2.38. The molecular weight excluding hydrogens is 266 g/mol. The molecule has 1 saturated heterocycles. The highest BCUT2D eigenvalue weighted by Gasteiger charge is 2.33. The van der Waals surface area contributed by atoms with Crippen LogP contribution in [0.1, 0.15) is 24.8 Å². The van der Waals surface area contributed by atoms with E-state index in [0.717, 1.165) is 51.0 Å². The maximum atomic E-state index is 10.8. The summed E-state index contributed by atoms with van der Waals surface area (Å²) >= 11 is 0. The standard InChI is InChI=1S/C15H21N5O/c21-15(14-5-2-1-3-6-14)7-11-19(12-8-15)9-4-10-20-13-16-17-18-20/h1-3,5-6,13,21H,4,7-12H2. The molecule has 1 N–H and O–H groups in total. The quantitative estimate of drug-likeness (QED) is 0.890. The predicted molar refractivity (Wildman–Crippen MR) is 78.4 cm³/mol. The maximum absolute atomic E-state index is 10.8. The van der Waals surface area contributed by atoms with E-state index in [2.05, 4.69) is 20.4 Å². The Balaban J connectivity index is 1.46. The average Bonchev–Trinajstić information content (AvgIpc) is 3.04. The molecule has 112 valence electrons. The normalized spacial score (nSPS) is 18.7. The van der Waals surface area contributed by atoms with Crippen molar-refractivity contribution in [3.63, 3.8) is 0 Å². The van der Waals surface area contributed by atoms with Crippen molar-refractivity contribution in [3.8, 4) is 0 Å². The lowest BCUT2D eigenvalue weighted by molar-refractivity contribution is -0.0262. The first kappa shape index (κ1) is 14.2. The van der Waals surface area contributed by atoms with Crippen molar-refractivity contribution >= 4 is 0 Å². The summed E-state index contributed by atoms with van der Waals surface area (Å²) < 4.78 is 1.75. The molecule has 0 spiro atoms. The lowest BCUT2D eigenvalue weighted by Crippen LogP contribution is -2.43. The van der Waals surface area contributed by atoms with E-state index in [-0.39, 0.29) is 0 Å². The smallest absolute Gasteiger partial charge is 0.138 e. The minimum atomic E-state index is -0.659. The van der Waals surface area contributed by atoms with Gasteiger partial charge in [-0.3, -0.25) is 0 Å². The summed E-state index contributed by atoms with van der Waals surface area (Å²) in [5, 5.41) is 21.9. The van der Waals surface area contributed by atoms with Crippen molar-refractivity contribution in [2.45, 2.75) is 31.4 Å². The monoisotopic (exact) mass is 287 g/mol. The lowest BCUT2D eigenvalue weighted by atomic mass is 9.84. The van der Waals surface area contributed by atoms with Gasteiger partial charge in [0, 0.05) is 19.6 Å². The maximum Gasteiger partial charge on any atom is 0.138 e. The number of aliphatic hydroxyl groups is 1. The van der Waals surface area contributed by atoms with Crippen molar-refractivity contribution < 1.29 is 5.11 Å². The van der Waals surface area contributed by atoms with Gasteiger partial charge in [0.2, 0.25) is 0 Å². The summed E-state index contributed by atoms with van der Waals surface area (Å²) in [5.41, 5.74) is 0.381. The molecule has 2 aromatic rings. The van der Waals surface area contributed by atoms with E-state index in [1.54, 1.807) is 11.0 Å². The fourth-order valence-corrected chi connectivity index (χ4v) is 2.92. The number of nitrogens with zero attached hydrogens (tertiary/aromatic N) is 5. The second-order valence-electron chi connectivity index (χ2n) is 5.67. The molecule has 0 atom stereocenters. The molecule has 21 heavy (non-hydrogen) atoms. The molecule has 0 aliphatic carbocycles. The molecule has 1 aliphatic rings. The van der Waals surface area contributed by atoms with Crippen LogP contribution in [0.5, 0.6) is 0 Å². The molecule has 0 unspecified atom stereocenters. The second-order valence-corrected chi connectivity index (χ2v) is 5.67. The van der Waals surface area contributed by atoms with Gasteiger partial charge in [-0.1, -0.05) is 30.3 Å². The molecule has 0 amide bonds. The van der Waals surface area contributed by atoms with Gasteiger partial charge in [-0.15, -0.1) is 5.10 Å². The van der Waals surface area contributed by atoms with Crippen LogP contribution in [-0.2, 0) is 12.1 Å². The van der Waals surface area contributed by atoms with E-state index in [1.165, 1.54) is 0 Å². The fraction of sp³-hybridized carbons (Fsp3) is 0.533. The first-order chi connectivity index (χ1) is 10.3. The zero-order valence-electron chi connectivity index (χ0n) is 12.1. The molecule has 0 radical (unpaired) electrons. The third kappa shape index (κ3) is 3.46. The summed E-state index contributed by atoms with van der Waals surface area (Å²) in [6.07, 6.45) is 4.25. The fourth-order valence-electron chi connectivity index (χ4n) is 2.92. The van der Waals surface area contributed by atoms with Crippen molar-refractivity contribution in [2.24, 2.45) is 0 Å². The molecule has 1 aliphatic heterocycles. The number of rotatable bonds is 5. The zero-order chi connectivity index (χ0) is 14.5. The summed E-state index contributed by atoms with van der Waals surface area (Å²) in [5.74, 6) is 0. The van der Waals surface area contributed by atoms with E-state index >= 15 is 0 Å². The van der Waals surface area contributed by atoms with E-state index in [4.69, 9.17) is 0 Å². The number of likely N-dealkylation sites (tertiary alicyclic amines) is 1. The van der Waals surface area contributed by atoms with Gasteiger partial charge in [-0.25, -0.2) is 4.68 Å². The van der Waals surface area contributed by atoms with Gasteiger partial charge in [-0.2, -0.15) is 0 Å². The topological polar surface area (TPSA) is 67.1 Å². The van der Waals surface area contributed by atoms with Gasteiger partial charge >= 0.3 is 0 Å². The summed E-state index contributed by atoms with van der Waals surface area (Å²) in [6, 6.07) is 10.0. The van der Waals surface area contributed by atoms with Crippen LogP contribution in [-0.4, -0.2) is 49.8 Å². The summed E-state index contributed by atoms with van der Waals surface area (Å²) in [6.45, 7) is 3.72. The Kier molecular flexibility index (Phi) is 4.26. The average molecular weight is 287 g/mol. The highest BCUT2D eigenvalue weighted by molar-refractivity contribution is 5.22. The number of piperidine rings is 1. The van der Waals surface area contributed by atoms with E-state index < -0.39 is 5.60 Å². The van der Waals surface area contributed by atoms with Gasteiger partial charge in [0.1, 0.15) is 6.33 Å². The van der Waals surface area contributed by atoms with Crippen molar-refractivity contribution in [3.05, 3.63) is 42.2 Å². The van der Waals surface area contributed by atoms with Crippen LogP contribution in [0.2, 0.25) is 0 Å². The number of benzene rings is 1. The van der Waals surface area contributed by atoms with Gasteiger partial charge in [0.25, 0.3) is 0 Å². The van der Waals surface area contributed by atoms with Crippen LogP contribution < -0.4 is 0 Å². The minimum Gasteiger partial charge on any atom is -0.385 e. The van der Waals surface area contributed by atoms with Gasteiger partial charge in [0.15, 0.2) is 0 Å². The SMILES string of the molecule is OC1(c2ccccc2)CCN(CCCn2cnnn2)CC1. The molecule has 6 heteroatoms. The van der Waals surface area contributed by atoms with Crippen molar-refractivity contribution in [2.75, 3.05) is 19.6 Å². The third-order valence-electron chi connectivity index (χ3n) is 4.25. The van der Waals surface area contributed by atoms with Crippen LogP contribution in [0.3, 0.4) is 0 Å². The van der Waals surface area contributed by atoms with Crippen LogP contribution in [0.15, 0.2) is 36.7 Å². The Morgan fingerprint density at radius 2 is 1.86 bits per heavy atom. The van der Waals surface area contributed by atoms with E-state index in [9.17, 15) is 5.11 Å². The largest absolute Gasteiger partial charge is 0.385 e. The predicted octanol–water partition coefficient (Wildman–Crippen LogP) is 1.05. The number of aryl methyl sites for hydroxylation is 1. The molecule has 3 rings (SSSR count). The van der Waals surface area contributed by atoms with Crippen LogP contribution in [0.25, 0.3) is 0 Å². The molecule has 6 nitrogen and oxygen atoms in total. The first-order valence-corrected chi connectivity index (χ1v) is 7.47. The highest BCUT2D eigenvalue weighted by atomic mass is 16.3. The Morgan fingerprint density at radius 1 is 1.10 bits per heavy atom. The Hall–Kier alpha value is -1.79.